The van der Waals surface area contributed by atoms with E-state index in [1.165, 1.54) is 11.1 Å². The van der Waals surface area contributed by atoms with Gasteiger partial charge in [-0.1, -0.05) is 12.1 Å². The first-order valence-corrected chi connectivity index (χ1v) is 7.71. The van der Waals surface area contributed by atoms with Crippen LogP contribution in [-0.4, -0.2) is 50.2 Å². The third kappa shape index (κ3) is 3.95. The number of nitrogens with one attached hydrogen (secondary N) is 2. The Kier molecular flexibility index (Phi) is 4.75. The van der Waals surface area contributed by atoms with Gasteiger partial charge in [0.1, 0.15) is 11.4 Å². The van der Waals surface area contributed by atoms with E-state index < -0.39 is 5.60 Å². The molecule has 0 saturated carbocycles. The molecule has 3 rings (SSSR count). The maximum Gasteiger partial charge on any atom is 0.122 e. The molecule has 1 saturated heterocycles. The first-order valence-electron chi connectivity index (χ1n) is 7.71. The lowest BCUT2D eigenvalue weighted by Gasteiger charge is -2.26. The highest BCUT2D eigenvalue weighted by Gasteiger charge is 2.28. The molecule has 0 amide bonds. The van der Waals surface area contributed by atoms with E-state index in [4.69, 9.17) is 9.47 Å². The Morgan fingerprint density at radius 1 is 1.33 bits per heavy atom. The van der Waals surface area contributed by atoms with Crippen LogP contribution in [0.25, 0.3) is 0 Å². The second-order valence-electron chi connectivity index (χ2n) is 5.95. The SMILES string of the molecule is O[C@]1(CNCc2ccc3c(c2)CCCO3)CNCCOC1. The second-order valence-corrected chi connectivity index (χ2v) is 5.95. The van der Waals surface area contributed by atoms with E-state index in [0.29, 0.717) is 26.3 Å². The summed E-state index contributed by atoms with van der Waals surface area (Å²) in [5, 5.41) is 17.0. The summed E-state index contributed by atoms with van der Waals surface area (Å²) >= 11 is 0. The van der Waals surface area contributed by atoms with Crippen molar-refractivity contribution in [2.24, 2.45) is 0 Å². The maximum absolute atomic E-state index is 10.5. The molecule has 5 nitrogen and oxygen atoms in total. The Balaban J connectivity index is 1.53. The molecule has 1 aromatic rings. The number of hydrogen-bond donors (Lipinski definition) is 3. The van der Waals surface area contributed by atoms with Crippen molar-refractivity contribution in [1.82, 2.24) is 10.6 Å². The van der Waals surface area contributed by atoms with Gasteiger partial charge in [-0.3, -0.25) is 0 Å². The van der Waals surface area contributed by atoms with Gasteiger partial charge in [-0.15, -0.1) is 0 Å². The number of aryl methyl sites for hydroxylation is 1. The third-order valence-corrected chi connectivity index (χ3v) is 4.00. The highest BCUT2D eigenvalue weighted by atomic mass is 16.5. The van der Waals surface area contributed by atoms with E-state index in [1.54, 1.807) is 0 Å². The minimum absolute atomic E-state index is 0.380. The summed E-state index contributed by atoms with van der Waals surface area (Å²) in [4.78, 5) is 0. The number of fused-ring (bicyclic) bond motifs is 1. The molecular weight excluding hydrogens is 268 g/mol. The first-order chi connectivity index (χ1) is 10.3. The predicted molar refractivity (Wildman–Crippen MR) is 80.6 cm³/mol. The molecule has 1 fully saturated rings. The quantitative estimate of drug-likeness (QED) is 0.752. The molecule has 1 atom stereocenters. The van der Waals surface area contributed by atoms with Crippen molar-refractivity contribution in [3.8, 4) is 5.75 Å². The van der Waals surface area contributed by atoms with Crippen molar-refractivity contribution < 1.29 is 14.6 Å². The van der Waals surface area contributed by atoms with Crippen LogP contribution in [0.4, 0.5) is 0 Å². The van der Waals surface area contributed by atoms with Crippen LogP contribution >= 0.6 is 0 Å². The molecule has 2 aliphatic heterocycles. The molecule has 0 radical (unpaired) electrons. The number of β-amino-alcohol motifs (C(OH)–C–C–N with tert-alkyl or cyclic N) is 1. The largest absolute Gasteiger partial charge is 0.493 e. The Hall–Kier alpha value is -1.14. The summed E-state index contributed by atoms with van der Waals surface area (Å²) in [6.45, 7) is 4.50. The Morgan fingerprint density at radius 2 is 2.29 bits per heavy atom. The van der Waals surface area contributed by atoms with Crippen LogP contribution in [0.15, 0.2) is 18.2 Å². The van der Waals surface area contributed by atoms with E-state index in [2.05, 4.69) is 28.8 Å². The zero-order valence-electron chi connectivity index (χ0n) is 12.4. The second kappa shape index (κ2) is 6.75. The van der Waals surface area contributed by atoms with Gasteiger partial charge >= 0.3 is 0 Å². The van der Waals surface area contributed by atoms with Crippen molar-refractivity contribution >= 4 is 0 Å². The van der Waals surface area contributed by atoms with Gasteiger partial charge in [0.05, 0.1) is 19.8 Å². The Morgan fingerprint density at radius 3 is 3.24 bits per heavy atom. The fourth-order valence-electron chi connectivity index (χ4n) is 2.86. The molecule has 116 valence electrons. The lowest BCUT2D eigenvalue weighted by atomic mass is 10.0. The summed E-state index contributed by atoms with van der Waals surface area (Å²) in [6.07, 6.45) is 2.18. The molecule has 2 aliphatic rings. The summed E-state index contributed by atoms with van der Waals surface area (Å²) in [5.41, 5.74) is 1.69. The van der Waals surface area contributed by atoms with Gasteiger partial charge in [-0.25, -0.2) is 0 Å². The van der Waals surface area contributed by atoms with Crippen molar-refractivity contribution in [3.05, 3.63) is 29.3 Å². The summed E-state index contributed by atoms with van der Waals surface area (Å²) in [7, 11) is 0. The molecule has 0 bridgehead atoms. The highest BCUT2D eigenvalue weighted by molar-refractivity contribution is 5.38. The maximum atomic E-state index is 10.5. The van der Waals surface area contributed by atoms with E-state index in [-0.39, 0.29) is 0 Å². The number of hydrogen-bond acceptors (Lipinski definition) is 5. The zero-order valence-corrected chi connectivity index (χ0v) is 12.4. The third-order valence-electron chi connectivity index (χ3n) is 4.00. The van der Waals surface area contributed by atoms with Crippen molar-refractivity contribution in [3.63, 3.8) is 0 Å². The van der Waals surface area contributed by atoms with Gasteiger partial charge in [0, 0.05) is 26.2 Å². The lowest BCUT2D eigenvalue weighted by molar-refractivity contribution is -0.0264. The fraction of sp³-hybridized carbons (Fsp3) is 0.625. The van der Waals surface area contributed by atoms with Crippen LogP contribution in [0, 0.1) is 0 Å². The monoisotopic (exact) mass is 292 g/mol. The van der Waals surface area contributed by atoms with Crippen LogP contribution in [-0.2, 0) is 17.7 Å². The molecule has 0 unspecified atom stereocenters. The molecule has 21 heavy (non-hydrogen) atoms. The standard InChI is InChI=1S/C16H24N2O3/c19-16(10-17-5-7-20-12-16)11-18-9-13-3-4-15-14(8-13)2-1-6-21-15/h3-4,8,17-19H,1-2,5-7,9-12H2/t16-/m0/s1. The zero-order chi connectivity index (χ0) is 14.5. The number of ether oxygens (including phenoxy) is 2. The summed E-state index contributed by atoms with van der Waals surface area (Å²) < 4.78 is 11.0. The minimum atomic E-state index is -0.826. The molecular formula is C16H24N2O3. The van der Waals surface area contributed by atoms with Gasteiger partial charge in [-0.2, -0.15) is 0 Å². The van der Waals surface area contributed by atoms with Gasteiger partial charge in [0.25, 0.3) is 0 Å². The van der Waals surface area contributed by atoms with E-state index in [0.717, 1.165) is 38.3 Å². The number of rotatable bonds is 4. The van der Waals surface area contributed by atoms with Crippen LogP contribution in [0.2, 0.25) is 0 Å². The average molecular weight is 292 g/mol. The summed E-state index contributed by atoms with van der Waals surface area (Å²) in [6, 6.07) is 6.34. The molecule has 3 N–H and O–H groups in total. The van der Waals surface area contributed by atoms with E-state index >= 15 is 0 Å². The van der Waals surface area contributed by atoms with Crippen molar-refractivity contribution in [2.75, 3.05) is 39.5 Å². The predicted octanol–water partition coefficient (Wildman–Crippen LogP) is 0.452. The number of aliphatic hydroxyl groups is 1. The highest BCUT2D eigenvalue weighted by Crippen LogP contribution is 2.25. The van der Waals surface area contributed by atoms with Crippen LogP contribution in [0.1, 0.15) is 17.5 Å². The van der Waals surface area contributed by atoms with E-state index in [1.807, 2.05) is 0 Å². The first kappa shape index (κ1) is 14.8. The van der Waals surface area contributed by atoms with Crippen LogP contribution in [0.5, 0.6) is 5.75 Å². The smallest absolute Gasteiger partial charge is 0.122 e. The van der Waals surface area contributed by atoms with Gasteiger partial charge < -0.3 is 25.2 Å². The van der Waals surface area contributed by atoms with Crippen LogP contribution in [0.3, 0.4) is 0 Å². The van der Waals surface area contributed by atoms with E-state index in [9.17, 15) is 5.11 Å². The van der Waals surface area contributed by atoms with Crippen molar-refractivity contribution in [2.45, 2.75) is 25.0 Å². The molecule has 0 aliphatic carbocycles. The van der Waals surface area contributed by atoms with Gasteiger partial charge in [-0.05, 0) is 30.0 Å². The minimum Gasteiger partial charge on any atom is -0.493 e. The molecule has 0 aromatic heterocycles. The summed E-state index contributed by atoms with van der Waals surface area (Å²) in [5.74, 6) is 1.02. The molecule has 1 aromatic carbocycles. The topological polar surface area (TPSA) is 62.8 Å². The molecule has 5 heteroatoms. The fourth-order valence-corrected chi connectivity index (χ4v) is 2.86. The Labute approximate surface area is 125 Å². The van der Waals surface area contributed by atoms with Crippen molar-refractivity contribution in [1.29, 1.82) is 0 Å². The normalized spacial score (nSPS) is 25.8. The van der Waals surface area contributed by atoms with Crippen LogP contribution < -0.4 is 15.4 Å². The van der Waals surface area contributed by atoms with Gasteiger partial charge in [0.15, 0.2) is 0 Å². The Bertz CT molecular complexity index is 471. The molecule has 2 heterocycles. The average Bonchev–Trinajstić information content (AvgIpc) is 2.72. The number of benzene rings is 1. The van der Waals surface area contributed by atoms with Gasteiger partial charge in [0.2, 0.25) is 0 Å². The lowest BCUT2D eigenvalue weighted by Crippen LogP contribution is -2.50. The molecule has 0 spiro atoms.